The van der Waals surface area contributed by atoms with Crippen LogP contribution in [-0.4, -0.2) is 31.6 Å². The highest BCUT2D eigenvalue weighted by atomic mass is 32.2. The van der Waals surface area contributed by atoms with Crippen molar-refractivity contribution in [2.45, 2.75) is 31.3 Å². The fourth-order valence-electron chi connectivity index (χ4n) is 2.32. The lowest BCUT2D eigenvalue weighted by Gasteiger charge is -2.12. The van der Waals surface area contributed by atoms with Gasteiger partial charge in [-0.3, -0.25) is 0 Å². The molecule has 0 bridgehead atoms. The third kappa shape index (κ3) is 3.75. The molecule has 4 nitrogen and oxygen atoms in total. The average Bonchev–Trinajstić information content (AvgIpc) is 2.97. The minimum absolute atomic E-state index is 0.133. The Balaban J connectivity index is 2.11. The molecule has 1 aliphatic rings. The van der Waals surface area contributed by atoms with Crippen molar-refractivity contribution in [2.75, 3.05) is 18.1 Å². The monoisotopic (exact) mass is 315 g/mol. The molecule has 1 unspecified atom stereocenters. The van der Waals surface area contributed by atoms with Crippen LogP contribution in [0.2, 0.25) is 0 Å². The van der Waals surface area contributed by atoms with E-state index in [1.165, 1.54) is 0 Å². The van der Waals surface area contributed by atoms with Crippen molar-refractivity contribution in [1.82, 2.24) is 4.72 Å². The van der Waals surface area contributed by atoms with Crippen LogP contribution in [0.15, 0.2) is 23.1 Å². The molecule has 1 aromatic rings. The first-order chi connectivity index (χ1) is 9.56. The predicted molar refractivity (Wildman–Crippen MR) is 82.4 cm³/mol. The van der Waals surface area contributed by atoms with Gasteiger partial charge in [0.15, 0.2) is 0 Å². The van der Waals surface area contributed by atoms with E-state index in [2.05, 4.69) is 4.72 Å². The van der Waals surface area contributed by atoms with Gasteiger partial charge in [0.25, 0.3) is 0 Å². The van der Waals surface area contributed by atoms with E-state index in [0.717, 1.165) is 29.9 Å². The fraction of sp³-hybridized carbons (Fsp3) is 0.571. The molecule has 1 atom stereocenters. The topological polar surface area (TPSA) is 66.4 Å². The lowest BCUT2D eigenvalue weighted by atomic mass is 10.1. The maximum Gasteiger partial charge on any atom is 0.240 e. The smallest absolute Gasteiger partial charge is 0.240 e. The molecule has 2 rings (SSSR count). The van der Waals surface area contributed by atoms with Crippen LogP contribution in [0.3, 0.4) is 0 Å². The number of hydrogen-bond donors (Lipinski definition) is 2. The van der Waals surface area contributed by atoms with Gasteiger partial charge in [-0.1, -0.05) is 13.0 Å². The molecule has 0 aliphatic carbocycles. The van der Waals surface area contributed by atoms with Gasteiger partial charge in [0.2, 0.25) is 10.0 Å². The standard InChI is InChI=1S/C14H21NO3S2/c1-2-12-3-4-14(7-13(12)9-16)20(17,18)15-8-11-5-6-19-10-11/h3-4,7,11,15-16H,2,5-6,8-10H2,1H3. The molecular formula is C14H21NO3S2. The number of nitrogens with one attached hydrogen (secondary N) is 1. The van der Waals surface area contributed by atoms with Gasteiger partial charge in [-0.15, -0.1) is 0 Å². The molecule has 1 aliphatic heterocycles. The highest BCUT2D eigenvalue weighted by molar-refractivity contribution is 7.99. The Morgan fingerprint density at radius 2 is 2.20 bits per heavy atom. The molecule has 0 radical (unpaired) electrons. The van der Waals surface area contributed by atoms with Crippen molar-refractivity contribution in [3.8, 4) is 0 Å². The maximum absolute atomic E-state index is 12.3. The lowest BCUT2D eigenvalue weighted by molar-refractivity contribution is 0.280. The fourth-order valence-corrected chi connectivity index (χ4v) is 4.77. The molecule has 1 aromatic carbocycles. The SMILES string of the molecule is CCc1ccc(S(=O)(=O)NCC2CCSC2)cc1CO. The van der Waals surface area contributed by atoms with Gasteiger partial charge in [0.1, 0.15) is 0 Å². The summed E-state index contributed by atoms with van der Waals surface area (Å²) in [6.45, 7) is 2.35. The molecule has 1 saturated heterocycles. The first-order valence-electron chi connectivity index (χ1n) is 6.87. The predicted octanol–water partition coefficient (Wildman–Crippen LogP) is 1.77. The summed E-state index contributed by atoms with van der Waals surface area (Å²) in [5.41, 5.74) is 1.67. The summed E-state index contributed by atoms with van der Waals surface area (Å²) in [6, 6.07) is 4.97. The second-order valence-corrected chi connectivity index (χ2v) is 7.94. The molecule has 2 N–H and O–H groups in total. The molecule has 0 amide bonds. The third-order valence-electron chi connectivity index (χ3n) is 3.63. The number of aliphatic hydroxyl groups is 1. The van der Waals surface area contributed by atoms with Gasteiger partial charge in [-0.2, -0.15) is 11.8 Å². The third-order valence-corrected chi connectivity index (χ3v) is 6.28. The Kier molecular flexibility index (Phi) is 5.49. The lowest BCUT2D eigenvalue weighted by Crippen LogP contribution is -2.29. The van der Waals surface area contributed by atoms with E-state index in [9.17, 15) is 13.5 Å². The van der Waals surface area contributed by atoms with Gasteiger partial charge in [0, 0.05) is 6.54 Å². The summed E-state index contributed by atoms with van der Waals surface area (Å²) in [4.78, 5) is 0.240. The van der Waals surface area contributed by atoms with Gasteiger partial charge in [-0.05, 0) is 53.5 Å². The zero-order chi connectivity index (χ0) is 14.6. The van der Waals surface area contributed by atoms with E-state index < -0.39 is 10.0 Å². The van der Waals surface area contributed by atoms with Crippen molar-refractivity contribution in [3.05, 3.63) is 29.3 Å². The zero-order valence-electron chi connectivity index (χ0n) is 11.6. The molecule has 1 heterocycles. The average molecular weight is 315 g/mol. The van der Waals surface area contributed by atoms with E-state index in [0.29, 0.717) is 18.0 Å². The minimum Gasteiger partial charge on any atom is -0.392 e. The number of benzene rings is 1. The number of aliphatic hydroxyl groups excluding tert-OH is 1. The second-order valence-electron chi connectivity index (χ2n) is 5.02. The first kappa shape index (κ1) is 15.8. The van der Waals surface area contributed by atoms with Crippen molar-refractivity contribution >= 4 is 21.8 Å². The molecule has 0 aromatic heterocycles. The van der Waals surface area contributed by atoms with Crippen LogP contribution in [0.4, 0.5) is 0 Å². The first-order valence-corrected chi connectivity index (χ1v) is 9.50. The minimum atomic E-state index is -3.48. The van der Waals surface area contributed by atoms with Crippen LogP contribution < -0.4 is 4.72 Å². The molecule has 1 fully saturated rings. The quantitative estimate of drug-likeness (QED) is 0.840. The normalized spacial score (nSPS) is 19.4. The van der Waals surface area contributed by atoms with Gasteiger partial charge >= 0.3 is 0 Å². The van der Waals surface area contributed by atoms with Crippen LogP contribution in [-0.2, 0) is 23.1 Å². The summed E-state index contributed by atoms with van der Waals surface area (Å²) in [7, 11) is -3.48. The van der Waals surface area contributed by atoms with E-state index in [-0.39, 0.29) is 11.5 Å². The highest BCUT2D eigenvalue weighted by Crippen LogP contribution is 2.23. The van der Waals surface area contributed by atoms with Gasteiger partial charge < -0.3 is 5.11 Å². The van der Waals surface area contributed by atoms with Gasteiger partial charge in [-0.25, -0.2) is 13.1 Å². The van der Waals surface area contributed by atoms with Crippen LogP contribution in [0.25, 0.3) is 0 Å². The van der Waals surface area contributed by atoms with Crippen molar-refractivity contribution in [3.63, 3.8) is 0 Å². The van der Waals surface area contributed by atoms with Crippen LogP contribution in [0.5, 0.6) is 0 Å². The largest absolute Gasteiger partial charge is 0.392 e. The Morgan fingerprint density at radius 3 is 2.80 bits per heavy atom. The maximum atomic E-state index is 12.3. The second kappa shape index (κ2) is 6.93. The summed E-state index contributed by atoms with van der Waals surface area (Å²) < 4.78 is 27.2. The van der Waals surface area contributed by atoms with E-state index in [4.69, 9.17) is 0 Å². The van der Waals surface area contributed by atoms with Crippen molar-refractivity contribution < 1.29 is 13.5 Å². The van der Waals surface area contributed by atoms with E-state index >= 15 is 0 Å². The highest BCUT2D eigenvalue weighted by Gasteiger charge is 2.20. The molecule has 0 spiro atoms. The summed E-state index contributed by atoms with van der Waals surface area (Å²) in [6.07, 6.45) is 1.85. The van der Waals surface area contributed by atoms with E-state index in [1.54, 1.807) is 18.2 Å². The summed E-state index contributed by atoms with van der Waals surface area (Å²) in [5.74, 6) is 2.58. The molecular weight excluding hydrogens is 294 g/mol. The van der Waals surface area contributed by atoms with Gasteiger partial charge in [0.05, 0.1) is 11.5 Å². The van der Waals surface area contributed by atoms with Crippen LogP contribution >= 0.6 is 11.8 Å². The Labute approximate surface area is 125 Å². The number of aryl methyl sites for hydroxylation is 1. The zero-order valence-corrected chi connectivity index (χ0v) is 13.3. The Morgan fingerprint density at radius 1 is 1.40 bits per heavy atom. The Hall–Kier alpha value is -0.560. The van der Waals surface area contributed by atoms with Crippen molar-refractivity contribution in [1.29, 1.82) is 0 Å². The Bertz CT molecular complexity index is 552. The summed E-state index contributed by atoms with van der Waals surface area (Å²) in [5, 5.41) is 9.32. The molecule has 112 valence electrons. The number of sulfonamides is 1. The van der Waals surface area contributed by atoms with E-state index in [1.807, 2.05) is 18.7 Å². The number of rotatable bonds is 6. The molecule has 0 saturated carbocycles. The number of hydrogen-bond acceptors (Lipinski definition) is 4. The number of thioether (sulfide) groups is 1. The van der Waals surface area contributed by atoms with Crippen LogP contribution in [0, 0.1) is 5.92 Å². The van der Waals surface area contributed by atoms with Crippen LogP contribution in [0.1, 0.15) is 24.5 Å². The molecule has 20 heavy (non-hydrogen) atoms. The van der Waals surface area contributed by atoms with Crippen molar-refractivity contribution in [2.24, 2.45) is 5.92 Å². The molecule has 6 heteroatoms. The summed E-state index contributed by atoms with van der Waals surface area (Å²) >= 11 is 1.87.